The first kappa shape index (κ1) is 18.4. The normalized spacial score (nSPS) is 16.8. The lowest BCUT2D eigenvalue weighted by atomic mass is 10.2. The molecule has 2 rings (SSSR count). The molecule has 1 aromatic rings. The highest BCUT2D eigenvalue weighted by molar-refractivity contribution is 6.35. The van der Waals surface area contributed by atoms with Crippen molar-refractivity contribution in [2.24, 2.45) is 0 Å². The van der Waals surface area contributed by atoms with Crippen LogP contribution in [-0.4, -0.2) is 81.6 Å². The fourth-order valence-electron chi connectivity index (χ4n) is 2.52. The number of furan rings is 1. The molecule has 8 nitrogen and oxygen atoms in total. The number of ether oxygens (including phenoxy) is 1. The maximum Gasteiger partial charge on any atom is 0.309 e. The van der Waals surface area contributed by atoms with Gasteiger partial charge in [0.25, 0.3) is 0 Å². The fraction of sp³-hybridized carbons (Fsp3) is 0.625. The van der Waals surface area contributed by atoms with Crippen molar-refractivity contribution in [2.75, 3.05) is 60.0 Å². The number of carbonyl (C=O) groups is 2. The monoisotopic (exact) mass is 338 g/mol. The molecule has 8 heteroatoms. The van der Waals surface area contributed by atoms with Crippen molar-refractivity contribution in [1.29, 1.82) is 0 Å². The summed E-state index contributed by atoms with van der Waals surface area (Å²) in [6.07, 6.45) is 1.59. The largest absolute Gasteiger partial charge is 0.468 e. The van der Waals surface area contributed by atoms with E-state index in [4.69, 9.17) is 9.15 Å². The van der Waals surface area contributed by atoms with E-state index in [1.54, 1.807) is 12.3 Å². The van der Waals surface area contributed by atoms with Crippen molar-refractivity contribution in [3.8, 4) is 0 Å². The molecule has 1 atom stereocenters. The van der Waals surface area contributed by atoms with E-state index in [9.17, 15) is 9.59 Å². The van der Waals surface area contributed by atoms with Gasteiger partial charge in [-0.1, -0.05) is 0 Å². The van der Waals surface area contributed by atoms with Crippen LogP contribution >= 0.6 is 0 Å². The summed E-state index contributed by atoms with van der Waals surface area (Å²) in [5, 5.41) is 5.30. The van der Waals surface area contributed by atoms with Crippen molar-refractivity contribution >= 4 is 11.8 Å². The second-order valence-corrected chi connectivity index (χ2v) is 5.91. The molecule has 2 N–H and O–H groups in total. The number of hydrogen-bond acceptors (Lipinski definition) is 6. The Bertz CT molecular complexity index is 512. The van der Waals surface area contributed by atoms with Gasteiger partial charge in [0.15, 0.2) is 0 Å². The third-order valence-corrected chi connectivity index (χ3v) is 3.97. The van der Waals surface area contributed by atoms with Crippen molar-refractivity contribution in [3.63, 3.8) is 0 Å². The summed E-state index contributed by atoms with van der Waals surface area (Å²) in [5.74, 6) is -0.497. The van der Waals surface area contributed by atoms with Gasteiger partial charge in [0.05, 0.1) is 25.5 Å². The number of carbonyl (C=O) groups excluding carboxylic acids is 2. The second kappa shape index (κ2) is 9.41. The van der Waals surface area contributed by atoms with Crippen LogP contribution in [0.2, 0.25) is 0 Å². The molecule has 1 aliphatic heterocycles. The van der Waals surface area contributed by atoms with Crippen LogP contribution in [0.4, 0.5) is 0 Å². The average molecular weight is 338 g/mol. The van der Waals surface area contributed by atoms with Crippen LogP contribution in [0.25, 0.3) is 0 Å². The van der Waals surface area contributed by atoms with Gasteiger partial charge in [-0.3, -0.25) is 19.4 Å². The number of nitrogens with zero attached hydrogens (tertiary/aromatic N) is 2. The summed E-state index contributed by atoms with van der Waals surface area (Å²) in [4.78, 5) is 27.9. The van der Waals surface area contributed by atoms with Gasteiger partial charge in [0, 0.05) is 32.7 Å². The molecule has 1 fully saturated rings. The van der Waals surface area contributed by atoms with Crippen LogP contribution in [0.15, 0.2) is 22.8 Å². The lowest BCUT2D eigenvalue weighted by molar-refractivity contribution is -0.139. The minimum atomic E-state index is -0.629. The Labute approximate surface area is 142 Å². The van der Waals surface area contributed by atoms with Crippen molar-refractivity contribution < 1.29 is 18.7 Å². The van der Waals surface area contributed by atoms with Crippen LogP contribution < -0.4 is 10.6 Å². The highest BCUT2D eigenvalue weighted by Crippen LogP contribution is 2.17. The van der Waals surface area contributed by atoms with E-state index in [2.05, 4.69) is 15.5 Å². The van der Waals surface area contributed by atoms with Gasteiger partial charge in [-0.25, -0.2) is 0 Å². The maximum atomic E-state index is 11.9. The number of morpholine rings is 1. The smallest absolute Gasteiger partial charge is 0.309 e. The van der Waals surface area contributed by atoms with E-state index in [1.807, 2.05) is 25.1 Å². The Morgan fingerprint density at radius 2 is 1.96 bits per heavy atom. The molecule has 0 aliphatic carbocycles. The Morgan fingerprint density at radius 3 is 2.58 bits per heavy atom. The zero-order chi connectivity index (χ0) is 17.4. The number of rotatable bonds is 7. The molecule has 1 saturated heterocycles. The minimum absolute atomic E-state index is 0.120. The Hall–Kier alpha value is -1.90. The van der Waals surface area contributed by atoms with E-state index in [-0.39, 0.29) is 6.04 Å². The molecular weight excluding hydrogens is 312 g/mol. The fourth-order valence-corrected chi connectivity index (χ4v) is 2.52. The third-order valence-electron chi connectivity index (χ3n) is 3.97. The quantitative estimate of drug-likeness (QED) is 0.649. The van der Waals surface area contributed by atoms with Crippen LogP contribution in [0.3, 0.4) is 0 Å². The Morgan fingerprint density at radius 1 is 1.25 bits per heavy atom. The predicted octanol–water partition coefficient (Wildman–Crippen LogP) is -0.553. The van der Waals surface area contributed by atoms with Crippen molar-refractivity contribution in [2.45, 2.75) is 6.04 Å². The molecule has 134 valence electrons. The molecule has 2 heterocycles. The van der Waals surface area contributed by atoms with Gasteiger partial charge >= 0.3 is 11.8 Å². The van der Waals surface area contributed by atoms with E-state index >= 15 is 0 Å². The van der Waals surface area contributed by atoms with Gasteiger partial charge in [0.2, 0.25) is 0 Å². The number of hydrogen-bond donors (Lipinski definition) is 2. The zero-order valence-electron chi connectivity index (χ0n) is 14.3. The zero-order valence-corrected chi connectivity index (χ0v) is 14.3. The highest BCUT2D eigenvalue weighted by atomic mass is 16.5. The highest BCUT2D eigenvalue weighted by Gasteiger charge is 2.20. The molecule has 1 unspecified atom stereocenters. The lowest BCUT2D eigenvalue weighted by Crippen LogP contribution is -2.46. The topological polar surface area (TPSA) is 87.1 Å². The van der Waals surface area contributed by atoms with Gasteiger partial charge in [-0.2, -0.15) is 0 Å². The van der Waals surface area contributed by atoms with Crippen LogP contribution in [0.1, 0.15) is 11.8 Å². The predicted molar refractivity (Wildman–Crippen MR) is 88.4 cm³/mol. The summed E-state index contributed by atoms with van der Waals surface area (Å²) >= 11 is 0. The molecule has 0 radical (unpaired) electrons. The second-order valence-electron chi connectivity index (χ2n) is 5.91. The molecular formula is C16H26N4O4. The molecule has 2 amide bonds. The average Bonchev–Trinajstić information content (AvgIpc) is 3.09. The number of amides is 2. The van der Waals surface area contributed by atoms with Crippen LogP contribution in [-0.2, 0) is 14.3 Å². The first-order chi connectivity index (χ1) is 11.6. The molecule has 0 bridgehead atoms. The molecule has 0 spiro atoms. The first-order valence-electron chi connectivity index (χ1n) is 8.14. The van der Waals surface area contributed by atoms with Gasteiger partial charge in [0.1, 0.15) is 5.76 Å². The van der Waals surface area contributed by atoms with E-state index in [0.717, 1.165) is 25.4 Å². The first-order valence-corrected chi connectivity index (χ1v) is 8.14. The third kappa shape index (κ3) is 5.63. The summed E-state index contributed by atoms with van der Waals surface area (Å²) in [6, 6.07) is 3.52. The van der Waals surface area contributed by atoms with Crippen LogP contribution in [0.5, 0.6) is 0 Å². The summed E-state index contributed by atoms with van der Waals surface area (Å²) in [6.45, 7) is 4.61. The maximum absolute atomic E-state index is 11.9. The van der Waals surface area contributed by atoms with Gasteiger partial charge < -0.3 is 19.8 Å². The standard InChI is InChI=1S/C16H26N4O4/c1-19(2)13(14-4-3-9-24-14)12-18-16(22)15(21)17-5-6-20-7-10-23-11-8-20/h3-4,9,13H,5-8,10-12H2,1-2H3,(H,17,21)(H,18,22). The lowest BCUT2D eigenvalue weighted by Gasteiger charge is -2.26. The Balaban J connectivity index is 1.69. The molecule has 0 saturated carbocycles. The van der Waals surface area contributed by atoms with Crippen molar-refractivity contribution in [3.05, 3.63) is 24.2 Å². The number of nitrogens with one attached hydrogen (secondary N) is 2. The van der Waals surface area contributed by atoms with Crippen LogP contribution in [0, 0.1) is 0 Å². The SMILES string of the molecule is CN(C)C(CNC(=O)C(=O)NCCN1CCOCC1)c1ccco1. The van der Waals surface area contributed by atoms with E-state index in [0.29, 0.717) is 26.3 Å². The summed E-state index contributed by atoms with van der Waals surface area (Å²) in [5.41, 5.74) is 0. The summed E-state index contributed by atoms with van der Waals surface area (Å²) in [7, 11) is 3.78. The molecule has 24 heavy (non-hydrogen) atoms. The van der Waals surface area contributed by atoms with E-state index < -0.39 is 11.8 Å². The van der Waals surface area contributed by atoms with Gasteiger partial charge in [-0.05, 0) is 26.2 Å². The molecule has 1 aliphatic rings. The van der Waals surface area contributed by atoms with Gasteiger partial charge in [-0.15, -0.1) is 0 Å². The molecule has 0 aromatic carbocycles. The van der Waals surface area contributed by atoms with E-state index in [1.165, 1.54) is 0 Å². The Kier molecular flexibility index (Phi) is 7.23. The number of likely N-dealkylation sites (N-methyl/N-ethyl adjacent to an activating group) is 1. The van der Waals surface area contributed by atoms with Crippen molar-refractivity contribution in [1.82, 2.24) is 20.4 Å². The molecule has 1 aromatic heterocycles. The summed E-state index contributed by atoms with van der Waals surface area (Å²) < 4.78 is 10.6. The minimum Gasteiger partial charge on any atom is -0.468 e.